The fraction of sp³-hybridized carbons (Fsp3) is 0.458. The number of likely N-dealkylation sites (N-methyl/N-ethyl adjacent to an activating group) is 1. The smallest absolute Gasteiger partial charge is 0.319 e. The first-order valence-electron chi connectivity index (χ1n) is 10.7. The van der Waals surface area contributed by atoms with Crippen LogP contribution in [-0.2, 0) is 5.41 Å². The number of hydrogen-bond donors (Lipinski definition) is 2. The van der Waals surface area contributed by atoms with Crippen LogP contribution in [0.15, 0.2) is 42.5 Å². The van der Waals surface area contributed by atoms with Crippen molar-refractivity contribution in [3.63, 3.8) is 0 Å². The van der Waals surface area contributed by atoms with Gasteiger partial charge >= 0.3 is 6.03 Å². The maximum atomic E-state index is 12.6. The standard InChI is InChI=1S/C24H30IN3O3/c1-28-12-11-24(16-7-8-20(30-2)21(13-16)31-3)10-9-19(15-22(24)28)27-23(29)26-18-6-4-5-17(25)14-18/h4-8,13-14,19,22H,9-12,15H2,1-3H3,(H2,26,27,29)/t19-,22+,24-/m0/s1. The number of amides is 2. The molecule has 2 N–H and O–H groups in total. The van der Waals surface area contributed by atoms with Gasteiger partial charge in [0.05, 0.1) is 14.2 Å². The van der Waals surface area contributed by atoms with Crippen LogP contribution in [0.1, 0.15) is 31.2 Å². The second kappa shape index (κ2) is 9.24. The molecule has 1 saturated carbocycles. The van der Waals surface area contributed by atoms with Crippen molar-refractivity contribution in [1.82, 2.24) is 10.2 Å². The molecule has 7 heteroatoms. The SMILES string of the molecule is COc1ccc([C@@]23CC[C@H](NC(=O)Nc4cccc(I)c4)C[C@H]2N(C)CC3)cc1OC. The summed E-state index contributed by atoms with van der Waals surface area (Å²) in [5.74, 6) is 1.54. The third-order valence-corrected chi connectivity index (χ3v) is 7.57. The van der Waals surface area contributed by atoms with Crippen molar-refractivity contribution in [1.29, 1.82) is 0 Å². The highest BCUT2D eigenvalue weighted by Crippen LogP contribution is 2.49. The number of benzene rings is 2. The molecule has 1 aliphatic heterocycles. The van der Waals surface area contributed by atoms with E-state index in [0.717, 1.165) is 53.0 Å². The zero-order chi connectivity index (χ0) is 22.0. The lowest BCUT2D eigenvalue weighted by Crippen LogP contribution is -2.52. The third kappa shape index (κ3) is 4.48. The van der Waals surface area contributed by atoms with Crippen molar-refractivity contribution < 1.29 is 14.3 Å². The van der Waals surface area contributed by atoms with E-state index in [1.165, 1.54) is 5.56 Å². The van der Waals surface area contributed by atoms with Crippen LogP contribution < -0.4 is 20.1 Å². The second-order valence-corrected chi connectivity index (χ2v) is 9.80. The Morgan fingerprint density at radius 2 is 1.94 bits per heavy atom. The van der Waals surface area contributed by atoms with Crippen molar-refractivity contribution in [2.75, 3.05) is 33.1 Å². The zero-order valence-electron chi connectivity index (χ0n) is 18.3. The molecule has 6 nitrogen and oxygen atoms in total. The Hall–Kier alpha value is -2.00. The van der Waals surface area contributed by atoms with Gasteiger partial charge in [0, 0.05) is 26.8 Å². The number of hydrogen-bond acceptors (Lipinski definition) is 4. The van der Waals surface area contributed by atoms with Crippen LogP contribution in [0.2, 0.25) is 0 Å². The van der Waals surface area contributed by atoms with Crippen molar-refractivity contribution in [2.45, 2.75) is 43.2 Å². The van der Waals surface area contributed by atoms with E-state index in [2.05, 4.69) is 57.3 Å². The Kier molecular flexibility index (Phi) is 6.62. The molecule has 0 radical (unpaired) electrons. The minimum atomic E-state index is -0.133. The summed E-state index contributed by atoms with van der Waals surface area (Å²) >= 11 is 2.25. The maximum absolute atomic E-state index is 12.6. The molecule has 1 aliphatic carbocycles. The number of ether oxygens (including phenoxy) is 2. The van der Waals surface area contributed by atoms with E-state index < -0.39 is 0 Å². The van der Waals surface area contributed by atoms with Gasteiger partial charge in [0.1, 0.15) is 0 Å². The Balaban J connectivity index is 1.48. The van der Waals surface area contributed by atoms with Crippen molar-refractivity contribution in [2.24, 2.45) is 0 Å². The van der Waals surface area contributed by atoms with Gasteiger partial charge in [-0.3, -0.25) is 0 Å². The highest BCUT2D eigenvalue weighted by molar-refractivity contribution is 14.1. The Bertz CT molecular complexity index is 953. The number of anilines is 1. The number of methoxy groups -OCH3 is 2. The maximum Gasteiger partial charge on any atom is 0.319 e. The predicted molar refractivity (Wildman–Crippen MR) is 131 cm³/mol. The number of urea groups is 1. The number of nitrogens with one attached hydrogen (secondary N) is 2. The van der Waals surface area contributed by atoms with Gasteiger partial charge in [0.15, 0.2) is 11.5 Å². The number of carbonyl (C=O) groups is 1. The van der Waals surface area contributed by atoms with E-state index in [1.54, 1.807) is 14.2 Å². The summed E-state index contributed by atoms with van der Waals surface area (Å²) in [6, 6.07) is 14.6. The van der Waals surface area contributed by atoms with Gasteiger partial charge in [-0.05, 0) is 97.8 Å². The van der Waals surface area contributed by atoms with Gasteiger partial charge in [-0.25, -0.2) is 4.79 Å². The third-order valence-electron chi connectivity index (χ3n) is 6.90. The molecular weight excluding hydrogens is 505 g/mol. The van der Waals surface area contributed by atoms with Crippen LogP contribution >= 0.6 is 22.6 Å². The predicted octanol–water partition coefficient (Wildman–Crippen LogP) is 4.62. The number of carbonyl (C=O) groups excluding carboxylic acids is 1. The van der Waals surface area contributed by atoms with Crippen LogP contribution in [0.3, 0.4) is 0 Å². The lowest BCUT2D eigenvalue weighted by atomic mass is 9.65. The summed E-state index contributed by atoms with van der Waals surface area (Å²) in [5, 5.41) is 6.18. The van der Waals surface area contributed by atoms with Gasteiger partial charge in [-0.15, -0.1) is 0 Å². The first kappa shape index (κ1) is 22.2. The van der Waals surface area contributed by atoms with Crippen LogP contribution in [0.4, 0.5) is 10.5 Å². The lowest BCUT2D eigenvalue weighted by Gasteiger charge is -2.45. The molecule has 31 heavy (non-hydrogen) atoms. The number of rotatable bonds is 5. The van der Waals surface area contributed by atoms with Crippen molar-refractivity contribution in [3.05, 3.63) is 51.6 Å². The summed E-state index contributed by atoms with van der Waals surface area (Å²) in [6.07, 6.45) is 4.04. The molecule has 1 heterocycles. The fourth-order valence-electron chi connectivity index (χ4n) is 5.31. The fourth-order valence-corrected chi connectivity index (χ4v) is 5.86. The number of halogens is 1. The molecule has 0 unspecified atom stereocenters. The Morgan fingerprint density at radius 3 is 2.68 bits per heavy atom. The normalized spacial score (nSPS) is 25.5. The van der Waals surface area contributed by atoms with Crippen LogP contribution in [0, 0.1) is 3.57 Å². The minimum Gasteiger partial charge on any atom is -0.493 e. The molecule has 0 spiro atoms. The number of nitrogens with zero attached hydrogens (tertiary/aromatic N) is 1. The monoisotopic (exact) mass is 535 g/mol. The van der Waals surface area contributed by atoms with Crippen LogP contribution in [-0.4, -0.2) is 50.8 Å². The summed E-state index contributed by atoms with van der Waals surface area (Å²) in [7, 11) is 5.55. The van der Waals surface area contributed by atoms with Crippen molar-refractivity contribution in [3.8, 4) is 11.5 Å². The topological polar surface area (TPSA) is 62.8 Å². The highest BCUT2D eigenvalue weighted by atomic mass is 127. The molecule has 2 fully saturated rings. The zero-order valence-corrected chi connectivity index (χ0v) is 20.4. The van der Waals surface area contributed by atoms with Gasteiger partial charge in [-0.2, -0.15) is 0 Å². The van der Waals surface area contributed by atoms with Gasteiger partial charge in [0.25, 0.3) is 0 Å². The van der Waals surface area contributed by atoms with E-state index >= 15 is 0 Å². The molecule has 2 amide bonds. The Labute approximate surface area is 197 Å². The summed E-state index contributed by atoms with van der Waals surface area (Å²) in [6.45, 7) is 1.06. The van der Waals surface area contributed by atoms with E-state index in [9.17, 15) is 4.79 Å². The quantitative estimate of drug-likeness (QED) is 0.549. The van der Waals surface area contributed by atoms with E-state index in [0.29, 0.717) is 6.04 Å². The molecule has 2 aromatic carbocycles. The molecule has 1 saturated heterocycles. The van der Waals surface area contributed by atoms with Crippen molar-refractivity contribution >= 4 is 34.3 Å². The van der Waals surface area contributed by atoms with E-state index in [-0.39, 0.29) is 17.5 Å². The average molecular weight is 535 g/mol. The molecule has 166 valence electrons. The minimum absolute atomic E-state index is 0.0818. The lowest BCUT2D eigenvalue weighted by molar-refractivity contribution is 0.156. The largest absolute Gasteiger partial charge is 0.493 e. The summed E-state index contributed by atoms with van der Waals surface area (Å²) < 4.78 is 12.1. The van der Waals surface area contributed by atoms with Crippen LogP contribution in [0.5, 0.6) is 11.5 Å². The summed E-state index contributed by atoms with van der Waals surface area (Å²) in [4.78, 5) is 15.0. The molecular formula is C24H30IN3O3. The highest BCUT2D eigenvalue weighted by Gasteiger charge is 2.50. The molecule has 3 atom stereocenters. The van der Waals surface area contributed by atoms with E-state index in [1.807, 2.05) is 30.3 Å². The molecule has 2 aromatic rings. The van der Waals surface area contributed by atoms with Crippen LogP contribution in [0.25, 0.3) is 0 Å². The summed E-state index contributed by atoms with van der Waals surface area (Å²) in [5.41, 5.74) is 2.21. The number of fused-ring (bicyclic) bond motifs is 1. The molecule has 0 aromatic heterocycles. The van der Waals surface area contributed by atoms with Gasteiger partial charge in [-0.1, -0.05) is 12.1 Å². The Morgan fingerprint density at radius 1 is 1.13 bits per heavy atom. The van der Waals surface area contributed by atoms with E-state index in [4.69, 9.17) is 9.47 Å². The van der Waals surface area contributed by atoms with Gasteiger partial charge in [0.2, 0.25) is 0 Å². The molecule has 2 aliphatic rings. The first-order valence-corrected chi connectivity index (χ1v) is 11.8. The average Bonchev–Trinajstić information content (AvgIpc) is 3.10. The molecule has 0 bridgehead atoms. The second-order valence-electron chi connectivity index (χ2n) is 8.55. The molecule has 4 rings (SSSR count). The van der Waals surface area contributed by atoms with Gasteiger partial charge < -0.3 is 25.0 Å². The number of likely N-dealkylation sites (tertiary alicyclic amines) is 1. The first-order chi connectivity index (χ1) is 14.9.